The van der Waals surface area contributed by atoms with E-state index < -0.39 is 0 Å². The van der Waals surface area contributed by atoms with Crippen LogP contribution in [0.2, 0.25) is 0 Å². The molecule has 0 radical (unpaired) electrons. The summed E-state index contributed by atoms with van der Waals surface area (Å²) in [4.78, 5) is 11.7. The molecule has 0 aromatic heterocycles. The van der Waals surface area contributed by atoms with Crippen LogP contribution in [0.25, 0.3) is 0 Å². The largest absolute Gasteiger partial charge is 0.469 e. The SMILES string of the molecule is COC(=O)CC[C@@H](C)[C@H]1CC[C@@H]2[C@H]3[C@H](O)C[C@H]4C[C@H](O)CC[C@]4(C)[C@H]3C[C@H](O)[C@@]21C. The van der Waals surface area contributed by atoms with Crippen LogP contribution >= 0.6 is 0 Å². The first-order valence-corrected chi connectivity index (χ1v) is 12.2. The van der Waals surface area contributed by atoms with Gasteiger partial charge >= 0.3 is 5.97 Å². The third kappa shape index (κ3) is 3.34. The lowest BCUT2D eigenvalue weighted by Crippen LogP contribution is -2.62. The van der Waals surface area contributed by atoms with Gasteiger partial charge in [-0.1, -0.05) is 20.8 Å². The Hall–Kier alpha value is -0.650. The highest BCUT2D eigenvalue weighted by molar-refractivity contribution is 5.69. The monoisotopic (exact) mass is 422 g/mol. The van der Waals surface area contributed by atoms with E-state index >= 15 is 0 Å². The maximum Gasteiger partial charge on any atom is 0.305 e. The second-order valence-electron chi connectivity index (χ2n) is 11.6. The number of carbonyl (C=O) groups excluding carboxylic acids is 1. The van der Waals surface area contributed by atoms with Gasteiger partial charge in [0.15, 0.2) is 0 Å². The highest BCUT2D eigenvalue weighted by Crippen LogP contribution is 2.68. The van der Waals surface area contributed by atoms with Gasteiger partial charge in [-0.3, -0.25) is 4.79 Å². The van der Waals surface area contributed by atoms with Crippen LogP contribution in [0.4, 0.5) is 0 Å². The van der Waals surface area contributed by atoms with Crippen molar-refractivity contribution < 1.29 is 24.9 Å². The summed E-state index contributed by atoms with van der Waals surface area (Å²) in [6.45, 7) is 6.85. The number of methoxy groups -OCH3 is 1. The summed E-state index contributed by atoms with van der Waals surface area (Å²) in [6.07, 6.45) is 6.60. The minimum Gasteiger partial charge on any atom is -0.469 e. The van der Waals surface area contributed by atoms with Gasteiger partial charge in [0.05, 0.1) is 25.4 Å². The van der Waals surface area contributed by atoms with Crippen molar-refractivity contribution in [2.24, 2.45) is 46.3 Å². The van der Waals surface area contributed by atoms with Crippen molar-refractivity contribution in [2.45, 2.75) is 96.9 Å². The lowest BCUT2D eigenvalue weighted by Gasteiger charge is -2.63. The molecule has 5 heteroatoms. The molecule has 0 unspecified atom stereocenters. The highest BCUT2D eigenvalue weighted by atomic mass is 16.5. The van der Waals surface area contributed by atoms with Crippen LogP contribution in [0.1, 0.15) is 78.6 Å². The Morgan fingerprint density at radius 2 is 1.80 bits per heavy atom. The minimum atomic E-state index is -0.369. The van der Waals surface area contributed by atoms with Crippen molar-refractivity contribution in [1.29, 1.82) is 0 Å². The fourth-order valence-corrected chi connectivity index (χ4v) is 8.78. The molecule has 0 aromatic carbocycles. The summed E-state index contributed by atoms with van der Waals surface area (Å²) in [5, 5.41) is 33.1. The maximum atomic E-state index is 11.7. The molecule has 11 atom stereocenters. The van der Waals surface area contributed by atoms with Crippen molar-refractivity contribution in [2.75, 3.05) is 7.11 Å². The molecule has 5 nitrogen and oxygen atoms in total. The second-order valence-corrected chi connectivity index (χ2v) is 11.6. The van der Waals surface area contributed by atoms with Gasteiger partial charge in [-0.05, 0) is 97.7 Å². The Labute approximate surface area is 181 Å². The first-order valence-electron chi connectivity index (χ1n) is 12.2. The molecule has 0 aromatic rings. The number of rotatable bonds is 4. The van der Waals surface area contributed by atoms with Gasteiger partial charge in [0.2, 0.25) is 0 Å². The van der Waals surface area contributed by atoms with Crippen molar-refractivity contribution in [3.63, 3.8) is 0 Å². The van der Waals surface area contributed by atoms with E-state index in [1.54, 1.807) is 0 Å². The number of carbonyl (C=O) groups is 1. The Balaban J connectivity index is 1.58. The molecule has 4 fully saturated rings. The Bertz CT molecular complexity index is 651. The van der Waals surface area contributed by atoms with E-state index in [0.29, 0.717) is 36.0 Å². The number of fused-ring (bicyclic) bond motifs is 5. The summed E-state index contributed by atoms with van der Waals surface area (Å²) < 4.78 is 4.83. The van der Waals surface area contributed by atoms with Gasteiger partial charge in [0.1, 0.15) is 0 Å². The van der Waals surface area contributed by atoms with Crippen LogP contribution in [0.3, 0.4) is 0 Å². The number of aliphatic hydroxyl groups is 3. The highest BCUT2D eigenvalue weighted by Gasteiger charge is 2.65. The molecule has 0 saturated heterocycles. The van der Waals surface area contributed by atoms with Crippen LogP contribution in [-0.2, 0) is 9.53 Å². The van der Waals surface area contributed by atoms with Gasteiger partial charge in [-0.25, -0.2) is 0 Å². The van der Waals surface area contributed by atoms with Gasteiger partial charge in [-0.2, -0.15) is 0 Å². The Morgan fingerprint density at radius 1 is 1.07 bits per heavy atom. The molecular weight excluding hydrogens is 380 g/mol. The molecule has 4 aliphatic rings. The zero-order valence-corrected chi connectivity index (χ0v) is 19.2. The fraction of sp³-hybridized carbons (Fsp3) is 0.960. The van der Waals surface area contributed by atoms with E-state index in [2.05, 4.69) is 20.8 Å². The second kappa shape index (κ2) is 8.04. The molecule has 4 aliphatic carbocycles. The van der Waals surface area contributed by atoms with Crippen molar-refractivity contribution in [3.05, 3.63) is 0 Å². The van der Waals surface area contributed by atoms with E-state index in [4.69, 9.17) is 4.74 Å². The Kier molecular flexibility index (Phi) is 6.04. The molecule has 4 saturated carbocycles. The number of ether oxygens (including phenoxy) is 1. The summed E-state index contributed by atoms with van der Waals surface area (Å²) in [5.74, 6) is 1.81. The maximum absolute atomic E-state index is 11.7. The number of hydrogen-bond donors (Lipinski definition) is 3. The fourth-order valence-electron chi connectivity index (χ4n) is 8.78. The molecule has 30 heavy (non-hydrogen) atoms. The first-order chi connectivity index (χ1) is 14.1. The van der Waals surface area contributed by atoms with Crippen molar-refractivity contribution in [3.8, 4) is 0 Å². The lowest BCUT2D eigenvalue weighted by atomic mass is 9.43. The van der Waals surface area contributed by atoms with Gasteiger partial charge in [0, 0.05) is 6.42 Å². The quantitative estimate of drug-likeness (QED) is 0.603. The smallest absolute Gasteiger partial charge is 0.305 e. The zero-order valence-electron chi connectivity index (χ0n) is 19.2. The van der Waals surface area contributed by atoms with E-state index in [1.165, 1.54) is 7.11 Å². The van der Waals surface area contributed by atoms with Crippen molar-refractivity contribution >= 4 is 5.97 Å². The Morgan fingerprint density at radius 3 is 2.50 bits per heavy atom. The molecule has 172 valence electrons. The van der Waals surface area contributed by atoms with Crippen LogP contribution in [0.15, 0.2) is 0 Å². The molecule has 4 rings (SSSR count). The topological polar surface area (TPSA) is 87.0 Å². The normalized spacial score (nSPS) is 51.4. The van der Waals surface area contributed by atoms with E-state index in [9.17, 15) is 20.1 Å². The van der Waals surface area contributed by atoms with Crippen LogP contribution in [0, 0.1) is 46.3 Å². The van der Waals surface area contributed by atoms with E-state index in [1.807, 2.05) is 0 Å². The van der Waals surface area contributed by atoms with Gasteiger partial charge in [0.25, 0.3) is 0 Å². The van der Waals surface area contributed by atoms with E-state index in [0.717, 1.165) is 51.4 Å². The molecule has 0 amide bonds. The minimum absolute atomic E-state index is 0.111. The third-order valence-electron chi connectivity index (χ3n) is 10.6. The average Bonchev–Trinajstić information content (AvgIpc) is 3.06. The predicted octanol–water partition coefficient (Wildman–Crippen LogP) is 3.54. The molecular formula is C25H42O5. The summed E-state index contributed by atoms with van der Waals surface area (Å²) >= 11 is 0. The third-order valence-corrected chi connectivity index (χ3v) is 10.6. The average molecular weight is 423 g/mol. The van der Waals surface area contributed by atoms with Gasteiger partial charge in [-0.15, -0.1) is 0 Å². The molecule has 3 N–H and O–H groups in total. The zero-order chi connectivity index (χ0) is 21.8. The first kappa shape index (κ1) is 22.5. The van der Waals surface area contributed by atoms with Crippen LogP contribution < -0.4 is 0 Å². The number of hydrogen-bond acceptors (Lipinski definition) is 5. The van der Waals surface area contributed by atoms with Crippen LogP contribution in [-0.4, -0.2) is 46.7 Å². The molecule has 0 aliphatic heterocycles. The predicted molar refractivity (Wildman–Crippen MR) is 114 cm³/mol. The molecule has 0 spiro atoms. The van der Waals surface area contributed by atoms with Crippen LogP contribution in [0.5, 0.6) is 0 Å². The van der Waals surface area contributed by atoms with E-state index in [-0.39, 0.29) is 41.0 Å². The molecule has 0 heterocycles. The summed E-state index contributed by atoms with van der Waals surface area (Å²) in [6, 6.07) is 0. The summed E-state index contributed by atoms with van der Waals surface area (Å²) in [7, 11) is 1.44. The number of esters is 1. The van der Waals surface area contributed by atoms with Crippen molar-refractivity contribution in [1.82, 2.24) is 0 Å². The standard InChI is InChI=1S/C25H42O5/c1-14(5-8-22(29)30-4)17-6-7-18-23-19(13-21(28)25(17,18)3)24(2)10-9-16(26)11-15(24)12-20(23)27/h14-21,23,26-28H,5-13H2,1-4H3/t14-,15-,16-,17-,18-,19+,20-,21+,23-,24+,25-/m1/s1. The lowest BCUT2D eigenvalue weighted by molar-refractivity contribution is -0.207. The number of aliphatic hydroxyl groups excluding tert-OH is 3. The molecule has 0 bridgehead atoms. The van der Waals surface area contributed by atoms with Gasteiger partial charge < -0.3 is 20.1 Å². The summed E-state index contributed by atoms with van der Waals surface area (Å²) in [5.41, 5.74) is -0.0882.